The summed E-state index contributed by atoms with van der Waals surface area (Å²) >= 11 is 0. The molecule has 2 atom stereocenters. The average molecular weight is 210 g/mol. The van der Waals surface area contributed by atoms with Crippen LogP contribution in [0.25, 0.3) is 0 Å². The number of ether oxygens (including phenoxy) is 1. The summed E-state index contributed by atoms with van der Waals surface area (Å²) in [5.74, 6) is 1.48. The van der Waals surface area contributed by atoms with Gasteiger partial charge < -0.3 is 4.74 Å². The zero-order valence-corrected chi connectivity index (χ0v) is 9.57. The summed E-state index contributed by atoms with van der Waals surface area (Å²) in [4.78, 5) is 0. The van der Waals surface area contributed by atoms with E-state index in [0.29, 0.717) is 5.92 Å². The van der Waals surface area contributed by atoms with Crippen molar-refractivity contribution in [2.45, 2.75) is 31.7 Å². The smallest absolute Gasteiger partial charge is 0.137 e. The highest BCUT2D eigenvalue weighted by atomic mass is 16.5. The number of hydrogen-bond donors (Lipinski definition) is 0. The average Bonchev–Trinajstić information content (AvgIpc) is 2.27. The maximum atomic E-state index is 5.96. The van der Waals surface area contributed by atoms with Crippen LogP contribution in [0.3, 0.4) is 0 Å². The molecule has 3 aliphatic rings. The van der Waals surface area contributed by atoms with Crippen LogP contribution >= 0.6 is 0 Å². The number of fused-ring (bicyclic) bond motifs is 2. The molecule has 0 aromatic heterocycles. The van der Waals surface area contributed by atoms with Crippen LogP contribution in [0.15, 0.2) is 47.3 Å². The third-order valence-electron chi connectivity index (χ3n) is 3.49. The Bertz CT molecular complexity index is 438. The van der Waals surface area contributed by atoms with Gasteiger partial charge in [0.25, 0.3) is 0 Å². The van der Waals surface area contributed by atoms with Gasteiger partial charge in [-0.15, -0.1) is 0 Å². The fourth-order valence-electron chi connectivity index (χ4n) is 2.68. The van der Waals surface area contributed by atoms with Crippen molar-refractivity contribution in [3.8, 4) is 0 Å². The second kappa shape index (κ2) is 3.41. The molecular weight excluding hydrogens is 195 g/mol. The highest BCUT2D eigenvalue weighted by Gasteiger charge is 2.30. The van der Waals surface area contributed by atoms with Gasteiger partial charge in [0, 0.05) is 11.5 Å². The van der Waals surface area contributed by atoms with Crippen LogP contribution in [0.5, 0.6) is 0 Å². The number of allylic oxidation sites excluding steroid dienone is 6. The molecule has 0 bridgehead atoms. The van der Waals surface area contributed by atoms with Crippen LogP contribution < -0.4 is 0 Å². The summed E-state index contributed by atoms with van der Waals surface area (Å²) < 4.78 is 5.78. The normalized spacial score (nSPS) is 36.3. The van der Waals surface area contributed by atoms with Gasteiger partial charge in [0.05, 0.1) is 5.50 Å². The third kappa shape index (κ3) is 1.57. The van der Waals surface area contributed by atoms with Crippen LogP contribution in [0, 0.1) is 5.92 Å². The van der Waals surface area contributed by atoms with E-state index in [4.69, 9.17) is 12.6 Å². The fourth-order valence-corrected chi connectivity index (χ4v) is 2.68. The van der Waals surface area contributed by atoms with E-state index in [9.17, 15) is 0 Å². The molecule has 0 spiro atoms. The SMILES string of the molecule is [B]C1(C)C=CC2=C(C=CC3=CCCCC32)O1. The second-order valence-corrected chi connectivity index (χ2v) is 4.96. The topological polar surface area (TPSA) is 9.23 Å². The summed E-state index contributed by atoms with van der Waals surface area (Å²) in [5.41, 5.74) is 2.09. The Hall–Kier alpha value is -1.18. The molecule has 0 fully saturated rings. The highest BCUT2D eigenvalue weighted by molar-refractivity contribution is 6.15. The third-order valence-corrected chi connectivity index (χ3v) is 3.49. The first-order valence-electron chi connectivity index (χ1n) is 5.95. The van der Waals surface area contributed by atoms with Gasteiger partial charge in [0.2, 0.25) is 0 Å². The van der Waals surface area contributed by atoms with Gasteiger partial charge in [-0.25, -0.2) is 0 Å². The lowest BCUT2D eigenvalue weighted by Crippen LogP contribution is -2.30. The molecule has 0 saturated heterocycles. The van der Waals surface area contributed by atoms with E-state index in [-0.39, 0.29) is 0 Å². The van der Waals surface area contributed by atoms with Crippen molar-refractivity contribution in [3.05, 3.63) is 47.3 Å². The first-order chi connectivity index (χ1) is 7.66. The van der Waals surface area contributed by atoms with Crippen molar-refractivity contribution >= 4 is 7.85 Å². The lowest BCUT2D eigenvalue weighted by atomic mass is 9.75. The van der Waals surface area contributed by atoms with E-state index in [1.165, 1.54) is 30.4 Å². The zero-order valence-electron chi connectivity index (χ0n) is 9.57. The van der Waals surface area contributed by atoms with Crippen LogP contribution in [-0.2, 0) is 4.74 Å². The molecule has 0 amide bonds. The van der Waals surface area contributed by atoms with Crippen LogP contribution in [0.2, 0.25) is 0 Å². The van der Waals surface area contributed by atoms with Crippen LogP contribution in [-0.4, -0.2) is 13.3 Å². The molecule has 0 N–H and O–H groups in total. The van der Waals surface area contributed by atoms with Gasteiger partial charge in [-0.1, -0.05) is 24.3 Å². The molecule has 2 aliphatic carbocycles. The van der Waals surface area contributed by atoms with Crippen molar-refractivity contribution in [2.24, 2.45) is 5.92 Å². The van der Waals surface area contributed by atoms with E-state index in [0.717, 1.165) is 5.76 Å². The molecule has 1 aliphatic heterocycles. The standard InChI is InChI=1S/C14H15BO/c1-14(15)9-8-12-11-5-3-2-4-10(11)6-7-13(12)16-14/h4,6-9,11H,2-3,5H2,1H3. The minimum absolute atomic E-state index is 0.529. The molecule has 3 rings (SSSR count). The predicted octanol–water partition coefficient (Wildman–Crippen LogP) is 3.01. The maximum absolute atomic E-state index is 5.96. The van der Waals surface area contributed by atoms with E-state index in [1.54, 1.807) is 0 Å². The van der Waals surface area contributed by atoms with Gasteiger partial charge >= 0.3 is 0 Å². The molecule has 2 heteroatoms. The summed E-state index contributed by atoms with van der Waals surface area (Å²) in [6.07, 6.45) is 14.4. The second-order valence-electron chi connectivity index (χ2n) is 4.96. The molecule has 0 saturated carbocycles. The Morgan fingerprint density at radius 2 is 2.25 bits per heavy atom. The Kier molecular flexibility index (Phi) is 2.13. The summed E-state index contributed by atoms with van der Waals surface area (Å²) in [5, 5.41) is 0. The zero-order chi connectivity index (χ0) is 11.2. The van der Waals surface area contributed by atoms with Gasteiger partial charge in [-0.3, -0.25) is 0 Å². The van der Waals surface area contributed by atoms with Gasteiger partial charge in [-0.2, -0.15) is 0 Å². The van der Waals surface area contributed by atoms with Crippen molar-refractivity contribution in [1.29, 1.82) is 0 Å². The van der Waals surface area contributed by atoms with Crippen molar-refractivity contribution in [2.75, 3.05) is 0 Å². The quantitative estimate of drug-likeness (QED) is 0.558. The minimum Gasteiger partial charge on any atom is -0.493 e. The fraction of sp³-hybridized carbons (Fsp3) is 0.429. The van der Waals surface area contributed by atoms with Crippen LogP contribution in [0.4, 0.5) is 0 Å². The minimum atomic E-state index is -0.654. The number of hydrogen-bond acceptors (Lipinski definition) is 1. The predicted molar refractivity (Wildman–Crippen MR) is 66.0 cm³/mol. The molecule has 2 radical (unpaired) electrons. The molecule has 1 heterocycles. The molecule has 0 aromatic carbocycles. The van der Waals surface area contributed by atoms with Gasteiger partial charge in [-0.05, 0) is 37.8 Å². The molecular formula is C14H15BO. The Morgan fingerprint density at radius 1 is 1.38 bits per heavy atom. The monoisotopic (exact) mass is 210 g/mol. The molecule has 80 valence electrons. The van der Waals surface area contributed by atoms with Crippen molar-refractivity contribution in [3.63, 3.8) is 0 Å². The lowest BCUT2D eigenvalue weighted by Gasteiger charge is -2.35. The summed E-state index contributed by atoms with van der Waals surface area (Å²) in [6.45, 7) is 1.88. The summed E-state index contributed by atoms with van der Waals surface area (Å²) in [6, 6.07) is 0. The van der Waals surface area contributed by atoms with E-state index >= 15 is 0 Å². The van der Waals surface area contributed by atoms with E-state index < -0.39 is 5.50 Å². The molecule has 1 nitrogen and oxygen atoms in total. The van der Waals surface area contributed by atoms with Crippen LogP contribution in [0.1, 0.15) is 26.2 Å². The van der Waals surface area contributed by atoms with Gasteiger partial charge in [0.1, 0.15) is 13.6 Å². The Morgan fingerprint density at radius 3 is 3.12 bits per heavy atom. The van der Waals surface area contributed by atoms with Crippen molar-refractivity contribution in [1.82, 2.24) is 0 Å². The number of rotatable bonds is 0. The first kappa shape index (κ1) is 10.0. The maximum Gasteiger partial charge on any atom is 0.137 e. The molecule has 2 unspecified atom stereocenters. The Balaban J connectivity index is 2.00. The van der Waals surface area contributed by atoms with Crippen molar-refractivity contribution < 1.29 is 4.74 Å². The van der Waals surface area contributed by atoms with E-state index in [1.807, 2.05) is 13.0 Å². The summed E-state index contributed by atoms with van der Waals surface area (Å²) in [7, 11) is 5.96. The Labute approximate surface area is 98.0 Å². The van der Waals surface area contributed by atoms with Gasteiger partial charge in [0.15, 0.2) is 0 Å². The van der Waals surface area contributed by atoms with E-state index in [2.05, 4.69) is 24.3 Å². The largest absolute Gasteiger partial charge is 0.493 e. The molecule has 16 heavy (non-hydrogen) atoms. The molecule has 0 aromatic rings. The lowest BCUT2D eigenvalue weighted by molar-refractivity contribution is 0.134. The highest BCUT2D eigenvalue weighted by Crippen LogP contribution is 2.40. The first-order valence-corrected chi connectivity index (χ1v) is 5.95.